The van der Waals surface area contributed by atoms with Crippen molar-refractivity contribution in [3.05, 3.63) is 47.2 Å². The number of nitrogens with zero attached hydrogens (tertiary/aromatic N) is 2. The van der Waals surface area contributed by atoms with Crippen molar-refractivity contribution in [2.24, 2.45) is 0 Å². The molecule has 1 aromatic carbocycles. The molecule has 1 aromatic heterocycles. The Balaban J connectivity index is 1.49. The van der Waals surface area contributed by atoms with E-state index in [0.717, 1.165) is 36.9 Å². The SMILES string of the molecule is C[C@@]12C(=O)N(CCC3=CCCCC3)CC(=O)N1CCc1c2[nH]c2ccccc12. The first-order valence-electron chi connectivity index (χ1n) is 10.5. The number of nitrogens with one attached hydrogen (secondary N) is 1. The number of para-hydroxylation sites is 1. The van der Waals surface area contributed by atoms with Gasteiger partial charge in [-0.15, -0.1) is 0 Å². The van der Waals surface area contributed by atoms with Crippen molar-refractivity contribution in [2.45, 2.75) is 51.0 Å². The van der Waals surface area contributed by atoms with Gasteiger partial charge < -0.3 is 14.8 Å². The first-order chi connectivity index (χ1) is 13.6. The Kier molecular flexibility index (Phi) is 4.07. The number of aromatic nitrogens is 1. The van der Waals surface area contributed by atoms with Crippen LogP contribution in [0.2, 0.25) is 0 Å². The molecule has 1 aliphatic carbocycles. The summed E-state index contributed by atoms with van der Waals surface area (Å²) in [7, 11) is 0. The quantitative estimate of drug-likeness (QED) is 0.833. The first kappa shape index (κ1) is 17.5. The lowest BCUT2D eigenvalue weighted by Crippen LogP contribution is -2.67. The third-order valence-corrected chi connectivity index (χ3v) is 6.84. The zero-order chi connectivity index (χ0) is 19.3. The van der Waals surface area contributed by atoms with Crippen molar-refractivity contribution in [1.82, 2.24) is 14.8 Å². The summed E-state index contributed by atoms with van der Waals surface area (Å²) in [5.74, 6) is 0.111. The van der Waals surface area contributed by atoms with Crippen LogP contribution in [0.4, 0.5) is 0 Å². The lowest BCUT2D eigenvalue weighted by Gasteiger charge is -2.49. The summed E-state index contributed by atoms with van der Waals surface area (Å²) in [6.45, 7) is 3.37. The smallest absolute Gasteiger partial charge is 0.254 e. The van der Waals surface area contributed by atoms with E-state index in [0.29, 0.717) is 13.1 Å². The second kappa shape index (κ2) is 6.50. The van der Waals surface area contributed by atoms with E-state index in [1.165, 1.54) is 29.4 Å². The highest BCUT2D eigenvalue weighted by molar-refractivity contribution is 6.00. The molecule has 0 bridgehead atoms. The summed E-state index contributed by atoms with van der Waals surface area (Å²) in [5, 5.41) is 1.17. The molecule has 3 aliphatic rings. The minimum atomic E-state index is -0.928. The van der Waals surface area contributed by atoms with E-state index in [9.17, 15) is 9.59 Å². The molecule has 0 radical (unpaired) electrons. The lowest BCUT2D eigenvalue weighted by molar-refractivity contribution is -0.165. The molecular weight excluding hydrogens is 350 g/mol. The number of hydrogen-bond donors (Lipinski definition) is 1. The van der Waals surface area contributed by atoms with E-state index in [4.69, 9.17) is 0 Å². The number of carbonyl (C=O) groups excluding carboxylic acids is 2. The number of benzene rings is 1. The van der Waals surface area contributed by atoms with Crippen LogP contribution >= 0.6 is 0 Å². The fourth-order valence-electron chi connectivity index (χ4n) is 5.27. The molecule has 1 saturated heterocycles. The summed E-state index contributed by atoms with van der Waals surface area (Å²) in [5.41, 5.74) is 3.64. The molecule has 0 unspecified atom stereocenters. The van der Waals surface area contributed by atoms with Crippen LogP contribution in [0.25, 0.3) is 10.9 Å². The number of piperazine rings is 1. The molecule has 2 aromatic rings. The van der Waals surface area contributed by atoms with Gasteiger partial charge in [0.05, 0.1) is 12.2 Å². The third kappa shape index (κ3) is 2.52. The molecule has 5 rings (SSSR count). The largest absolute Gasteiger partial charge is 0.356 e. The average Bonchev–Trinajstić information content (AvgIpc) is 3.11. The van der Waals surface area contributed by atoms with Crippen LogP contribution in [-0.4, -0.2) is 46.2 Å². The minimum absolute atomic E-state index is 0.0519. The summed E-state index contributed by atoms with van der Waals surface area (Å²) in [4.78, 5) is 33.7. The van der Waals surface area contributed by atoms with Gasteiger partial charge in [-0.05, 0) is 57.1 Å². The highest BCUT2D eigenvalue weighted by Gasteiger charge is 2.53. The number of carbonyl (C=O) groups is 2. The van der Waals surface area contributed by atoms with Crippen molar-refractivity contribution < 1.29 is 9.59 Å². The van der Waals surface area contributed by atoms with Crippen molar-refractivity contribution in [3.63, 3.8) is 0 Å². The van der Waals surface area contributed by atoms with Gasteiger partial charge in [0.2, 0.25) is 5.91 Å². The Hall–Kier alpha value is -2.56. The van der Waals surface area contributed by atoms with Crippen molar-refractivity contribution >= 4 is 22.7 Å². The summed E-state index contributed by atoms with van der Waals surface area (Å²) >= 11 is 0. The molecule has 146 valence electrons. The molecular formula is C23H27N3O2. The summed E-state index contributed by atoms with van der Waals surface area (Å²) < 4.78 is 0. The summed E-state index contributed by atoms with van der Waals surface area (Å²) in [6, 6.07) is 8.18. The van der Waals surface area contributed by atoms with Crippen LogP contribution in [0.5, 0.6) is 0 Å². The van der Waals surface area contributed by atoms with Crippen LogP contribution < -0.4 is 0 Å². The number of amides is 2. The predicted octanol–water partition coefficient (Wildman–Crippen LogP) is 3.50. The standard InChI is InChI=1S/C23H27N3O2/c1-23-21-18(17-9-5-6-10-19(17)24-21)12-14-26(23)20(27)15-25(22(23)28)13-11-16-7-3-2-4-8-16/h5-7,9-10,24H,2-4,8,11-15H2,1H3/t23-/m1/s1. The van der Waals surface area contributed by atoms with Crippen molar-refractivity contribution in [1.29, 1.82) is 0 Å². The van der Waals surface area contributed by atoms with Gasteiger partial charge in [-0.3, -0.25) is 9.59 Å². The lowest BCUT2D eigenvalue weighted by atomic mass is 9.83. The Morgan fingerprint density at radius 2 is 2.00 bits per heavy atom. The zero-order valence-electron chi connectivity index (χ0n) is 16.5. The average molecular weight is 377 g/mol. The van der Waals surface area contributed by atoms with Gasteiger partial charge in [0.15, 0.2) is 5.54 Å². The van der Waals surface area contributed by atoms with Gasteiger partial charge in [-0.25, -0.2) is 0 Å². The van der Waals surface area contributed by atoms with E-state index >= 15 is 0 Å². The Labute approximate surface area is 165 Å². The predicted molar refractivity (Wildman–Crippen MR) is 109 cm³/mol. The molecule has 2 aliphatic heterocycles. The van der Waals surface area contributed by atoms with E-state index < -0.39 is 5.54 Å². The number of allylic oxidation sites excluding steroid dienone is 1. The molecule has 1 atom stereocenters. The van der Waals surface area contributed by atoms with E-state index in [1.807, 2.05) is 25.1 Å². The molecule has 3 heterocycles. The summed E-state index contributed by atoms with van der Waals surface area (Å²) in [6.07, 6.45) is 8.78. The maximum absolute atomic E-state index is 13.6. The van der Waals surface area contributed by atoms with Crippen LogP contribution in [0.1, 0.15) is 50.3 Å². The zero-order valence-corrected chi connectivity index (χ0v) is 16.5. The molecule has 0 saturated carbocycles. The fraction of sp³-hybridized carbons (Fsp3) is 0.478. The van der Waals surface area contributed by atoms with Crippen LogP contribution in [0.3, 0.4) is 0 Å². The van der Waals surface area contributed by atoms with E-state index in [2.05, 4.69) is 17.1 Å². The van der Waals surface area contributed by atoms with E-state index in [-0.39, 0.29) is 18.4 Å². The maximum atomic E-state index is 13.6. The van der Waals surface area contributed by atoms with Gasteiger partial charge in [-0.2, -0.15) is 0 Å². The van der Waals surface area contributed by atoms with Crippen LogP contribution in [0.15, 0.2) is 35.9 Å². The highest BCUT2D eigenvalue weighted by atomic mass is 16.2. The van der Waals surface area contributed by atoms with Crippen LogP contribution in [0, 0.1) is 0 Å². The monoisotopic (exact) mass is 377 g/mol. The van der Waals surface area contributed by atoms with Gasteiger partial charge >= 0.3 is 0 Å². The second-order valence-corrected chi connectivity index (χ2v) is 8.48. The number of fused-ring (bicyclic) bond motifs is 5. The number of aromatic amines is 1. The minimum Gasteiger partial charge on any atom is -0.356 e. The Bertz CT molecular complexity index is 989. The van der Waals surface area contributed by atoms with E-state index in [1.54, 1.807) is 9.80 Å². The third-order valence-electron chi connectivity index (χ3n) is 6.84. The normalized spacial score (nSPS) is 25.0. The molecule has 28 heavy (non-hydrogen) atoms. The number of H-pyrrole nitrogens is 1. The fourth-order valence-corrected chi connectivity index (χ4v) is 5.27. The topological polar surface area (TPSA) is 56.4 Å². The Morgan fingerprint density at radius 3 is 2.82 bits per heavy atom. The number of hydrogen-bond acceptors (Lipinski definition) is 2. The van der Waals surface area contributed by atoms with Gasteiger partial charge in [0, 0.05) is 24.0 Å². The maximum Gasteiger partial charge on any atom is 0.254 e. The van der Waals surface area contributed by atoms with Gasteiger partial charge in [0.25, 0.3) is 5.91 Å². The Morgan fingerprint density at radius 1 is 1.14 bits per heavy atom. The second-order valence-electron chi connectivity index (χ2n) is 8.48. The van der Waals surface area contributed by atoms with Crippen molar-refractivity contribution in [3.8, 4) is 0 Å². The van der Waals surface area contributed by atoms with Crippen LogP contribution in [-0.2, 0) is 21.5 Å². The van der Waals surface area contributed by atoms with Gasteiger partial charge in [0.1, 0.15) is 0 Å². The molecule has 1 fully saturated rings. The van der Waals surface area contributed by atoms with Gasteiger partial charge in [-0.1, -0.05) is 29.8 Å². The molecule has 1 N–H and O–H groups in total. The first-order valence-corrected chi connectivity index (χ1v) is 10.5. The number of rotatable bonds is 3. The molecule has 5 nitrogen and oxygen atoms in total. The highest BCUT2D eigenvalue weighted by Crippen LogP contribution is 2.42. The van der Waals surface area contributed by atoms with Crippen molar-refractivity contribution in [2.75, 3.05) is 19.6 Å². The molecule has 0 spiro atoms. The molecule has 5 heteroatoms. The molecule has 2 amide bonds.